The number of carbonyl (C=O) groups excluding carboxylic acids is 1. The van der Waals surface area contributed by atoms with E-state index in [0.29, 0.717) is 37.7 Å². The predicted octanol–water partition coefficient (Wildman–Crippen LogP) is 2.45. The predicted molar refractivity (Wildman–Crippen MR) is 106 cm³/mol. The average molecular weight is 394 g/mol. The molecular formula is C20H31N3O3S. The van der Waals surface area contributed by atoms with Gasteiger partial charge in [0.15, 0.2) is 0 Å². The molecule has 2 N–H and O–H groups in total. The molecule has 2 aliphatic rings. The van der Waals surface area contributed by atoms with Gasteiger partial charge in [0.1, 0.15) is 0 Å². The second kappa shape index (κ2) is 8.71. The van der Waals surface area contributed by atoms with Crippen LogP contribution in [0.3, 0.4) is 0 Å². The molecule has 2 fully saturated rings. The van der Waals surface area contributed by atoms with Crippen molar-refractivity contribution in [2.75, 3.05) is 26.2 Å². The van der Waals surface area contributed by atoms with Gasteiger partial charge < -0.3 is 10.6 Å². The molecule has 0 spiro atoms. The number of carbonyl (C=O) groups is 1. The molecule has 2 aliphatic heterocycles. The third-order valence-corrected chi connectivity index (χ3v) is 7.73. The van der Waals surface area contributed by atoms with E-state index in [4.69, 9.17) is 5.73 Å². The highest BCUT2D eigenvalue weighted by molar-refractivity contribution is 7.89. The van der Waals surface area contributed by atoms with Crippen molar-refractivity contribution >= 4 is 15.9 Å². The van der Waals surface area contributed by atoms with Crippen molar-refractivity contribution in [1.29, 1.82) is 0 Å². The van der Waals surface area contributed by atoms with Crippen molar-refractivity contribution in [3.8, 4) is 0 Å². The van der Waals surface area contributed by atoms with Gasteiger partial charge in [0.05, 0.1) is 4.90 Å². The SMILES string of the molecule is CC1CCN(C(=O)c2ccc(S(=O)(=O)N3CCCCCC3)cc2)C(CN)C1. The van der Waals surface area contributed by atoms with E-state index in [9.17, 15) is 13.2 Å². The summed E-state index contributed by atoms with van der Waals surface area (Å²) in [5, 5.41) is 0. The van der Waals surface area contributed by atoms with Gasteiger partial charge in [-0.3, -0.25) is 4.79 Å². The molecule has 6 nitrogen and oxygen atoms in total. The van der Waals surface area contributed by atoms with Gasteiger partial charge in [0.2, 0.25) is 10.0 Å². The quantitative estimate of drug-likeness (QED) is 0.852. The van der Waals surface area contributed by atoms with Gasteiger partial charge in [0.25, 0.3) is 5.91 Å². The zero-order chi connectivity index (χ0) is 19.4. The standard InChI is InChI=1S/C20H31N3O3S/c1-16-10-13-23(18(14-16)15-21)20(24)17-6-8-19(9-7-17)27(25,26)22-11-4-2-3-5-12-22/h6-9,16,18H,2-5,10-15,21H2,1H3. The van der Waals surface area contributed by atoms with E-state index < -0.39 is 10.0 Å². The molecule has 2 atom stereocenters. The lowest BCUT2D eigenvalue weighted by atomic mass is 9.92. The van der Waals surface area contributed by atoms with Crippen molar-refractivity contribution in [3.63, 3.8) is 0 Å². The number of hydrogen-bond donors (Lipinski definition) is 1. The van der Waals surface area contributed by atoms with Crippen LogP contribution in [0.1, 0.15) is 55.8 Å². The molecule has 2 saturated heterocycles. The van der Waals surface area contributed by atoms with Crippen LogP contribution in [-0.4, -0.2) is 55.8 Å². The van der Waals surface area contributed by atoms with Crippen molar-refractivity contribution in [3.05, 3.63) is 29.8 Å². The lowest BCUT2D eigenvalue weighted by molar-refractivity contribution is 0.0573. The number of amides is 1. The van der Waals surface area contributed by atoms with E-state index in [1.165, 1.54) is 0 Å². The summed E-state index contributed by atoms with van der Waals surface area (Å²) in [5.41, 5.74) is 6.40. The number of rotatable bonds is 4. The van der Waals surface area contributed by atoms with Crippen LogP contribution in [-0.2, 0) is 10.0 Å². The number of likely N-dealkylation sites (tertiary alicyclic amines) is 1. The number of nitrogens with zero attached hydrogens (tertiary/aromatic N) is 2. The molecule has 3 rings (SSSR count). The fourth-order valence-electron chi connectivity index (χ4n) is 4.11. The first-order chi connectivity index (χ1) is 12.9. The summed E-state index contributed by atoms with van der Waals surface area (Å²) in [6.45, 7) is 4.50. The van der Waals surface area contributed by atoms with E-state index in [-0.39, 0.29) is 16.8 Å². The topological polar surface area (TPSA) is 83.7 Å². The van der Waals surface area contributed by atoms with Gasteiger partial charge in [-0.25, -0.2) is 8.42 Å². The summed E-state index contributed by atoms with van der Waals surface area (Å²) >= 11 is 0. The summed E-state index contributed by atoms with van der Waals surface area (Å²) in [7, 11) is -3.49. The minimum Gasteiger partial charge on any atom is -0.334 e. The zero-order valence-electron chi connectivity index (χ0n) is 16.1. The number of benzene rings is 1. The Labute approximate surface area is 162 Å². The highest BCUT2D eigenvalue weighted by Crippen LogP contribution is 2.25. The minimum atomic E-state index is -3.49. The van der Waals surface area contributed by atoms with Gasteiger partial charge in [-0.2, -0.15) is 4.31 Å². The summed E-state index contributed by atoms with van der Waals surface area (Å²) in [5.74, 6) is 0.514. The smallest absolute Gasteiger partial charge is 0.254 e. The third kappa shape index (κ3) is 4.52. The minimum absolute atomic E-state index is 0.0572. The van der Waals surface area contributed by atoms with Crippen molar-refractivity contribution < 1.29 is 13.2 Å². The molecule has 0 radical (unpaired) electrons. The number of sulfonamides is 1. The van der Waals surface area contributed by atoms with E-state index in [1.54, 1.807) is 28.6 Å². The molecule has 2 unspecified atom stereocenters. The number of piperidine rings is 1. The summed E-state index contributed by atoms with van der Waals surface area (Å²) < 4.78 is 27.3. The Morgan fingerprint density at radius 1 is 1.07 bits per heavy atom. The van der Waals surface area contributed by atoms with Crippen molar-refractivity contribution in [1.82, 2.24) is 9.21 Å². The first-order valence-electron chi connectivity index (χ1n) is 10.0. The first kappa shape index (κ1) is 20.3. The molecule has 1 aromatic carbocycles. The van der Waals surface area contributed by atoms with Crippen molar-refractivity contribution in [2.45, 2.75) is 56.4 Å². The summed E-state index contributed by atoms with van der Waals surface area (Å²) in [6, 6.07) is 6.47. The Morgan fingerprint density at radius 2 is 1.70 bits per heavy atom. The molecule has 0 aromatic heterocycles. The number of nitrogens with two attached hydrogens (primary N) is 1. The normalized spacial score (nSPS) is 25.2. The molecule has 2 heterocycles. The van der Waals surface area contributed by atoms with Crippen LogP contribution in [0.5, 0.6) is 0 Å². The van der Waals surface area contributed by atoms with E-state index >= 15 is 0 Å². The van der Waals surface area contributed by atoms with Crippen LogP contribution < -0.4 is 5.73 Å². The molecule has 27 heavy (non-hydrogen) atoms. The van der Waals surface area contributed by atoms with Crippen molar-refractivity contribution in [2.24, 2.45) is 11.7 Å². The second-order valence-electron chi connectivity index (χ2n) is 7.86. The van der Waals surface area contributed by atoms with Crippen LogP contribution in [0, 0.1) is 5.92 Å². The molecular weight excluding hydrogens is 362 g/mol. The summed E-state index contributed by atoms with van der Waals surface area (Å²) in [6.07, 6.45) is 5.87. The Morgan fingerprint density at radius 3 is 2.30 bits per heavy atom. The fourth-order valence-corrected chi connectivity index (χ4v) is 5.63. The van der Waals surface area contributed by atoms with Gasteiger partial charge in [-0.05, 0) is 55.9 Å². The lowest BCUT2D eigenvalue weighted by Crippen LogP contribution is -2.49. The van der Waals surface area contributed by atoms with Crippen LogP contribution in [0.4, 0.5) is 0 Å². The highest BCUT2D eigenvalue weighted by Gasteiger charge is 2.30. The van der Waals surface area contributed by atoms with Crippen LogP contribution >= 0.6 is 0 Å². The zero-order valence-corrected chi connectivity index (χ0v) is 17.0. The first-order valence-corrected chi connectivity index (χ1v) is 11.5. The fraction of sp³-hybridized carbons (Fsp3) is 0.650. The molecule has 1 amide bonds. The van der Waals surface area contributed by atoms with Gasteiger partial charge in [-0.15, -0.1) is 0 Å². The Hall–Kier alpha value is -1.44. The van der Waals surface area contributed by atoms with Gasteiger partial charge in [0, 0.05) is 37.8 Å². The lowest BCUT2D eigenvalue weighted by Gasteiger charge is -2.38. The Kier molecular flexibility index (Phi) is 6.55. The molecule has 0 bridgehead atoms. The molecule has 150 valence electrons. The van der Waals surface area contributed by atoms with Crippen LogP contribution in [0.15, 0.2) is 29.2 Å². The largest absolute Gasteiger partial charge is 0.334 e. The maximum atomic E-state index is 12.9. The van der Waals surface area contributed by atoms with Crippen LogP contribution in [0.25, 0.3) is 0 Å². The van der Waals surface area contributed by atoms with E-state index in [2.05, 4.69) is 6.92 Å². The van der Waals surface area contributed by atoms with Gasteiger partial charge in [-0.1, -0.05) is 19.8 Å². The molecule has 0 aliphatic carbocycles. The number of hydrogen-bond acceptors (Lipinski definition) is 4. The maximum Gasteiger partial charge on any atom is 0.254 e. The van der Waals surface area contributed by atoms with E-state index in [0.717, 1.165) is 38.5 Å². The van der Waals surface area contributed by atoms with Crippen LogP contribution in [0.2, 0.25) is 0 Å². The average Bonchev–Trinajstić information content (AvgIpc) is 2.97. The molecule has 0 saturated carbocycles. The maximum absolute atomic E-state index is 12.9. The second-order valence-corrected chi connectivity index (χ2v) is 9.80. The highest BCUT2D eigenvalue weighted by atomic mass is 32.2. The Bertz CT molecular complexity index is 740. The monoisotopic (exact) mass is 393 g/mol. The molecule has 1 aromatic rings. The summed E-state index contributed by atoms with van der Waals surface area (Å²) in [4.78, 5) is 15.0. The molecule has 7 heteroatoms. The third-order valence-electron chi connectivity index (χ3n) is 5.82. The van der Waals surface area contributed by atoms with Gasteiger partial charge >= 0.3 is 0 Å². The Balaban J connectivity index is 1.75. The van der Waals surface area contributed by atoms with E-state index in [1.807, 2.05) is 4.90 Å².